The molecule has 3 nitrogen and oxygen atoms in total. The van der Waals surface area contributed by atoms with Gasteiger partial charge in [-0.05, 0) is 43.2 Å². The van der Waals surface area contributed by atoms with E-state index in [0.29, 0.717) is 11.5 Å². The Balaban J connectivity index is 1.49. The van der Waals surface area contributed by atoms with E-state index < -0.39 is 0 Å². The van der Waals surface area contributed by atoms with Gasteiger partial charge in [-0.1, -0.05) is 48.5 Å². The molecule has 0 aliphatic heterocycles. The number of carbonyl (C=O) groups excluding carboxylic acids is 2. The van der Waals surface area contributed by atoms with E-state index in [2.05, 4.69) is 5.32 Å². The van der Waals surface area contributed by atoms with Crippen LogP contribution in [-0.2, 0) is 0 Å². The first-order valence-electron chi connectivity index (χ1n) is 8.69. The van der Waals surface area contributed by atoms with Crippen molar-refractivity contribution in [2.24, 2.45) is 17.8 Å². The summed E-state index contributed by atoms with van der Waals surface area (Å²) in [6, 6.07) is 19.0. The number of carbonyl (C=O) groups is 2. The van der Waals surface area contributed by atoms with Gasteiger partial charge in [-0.2, -0.15) is 0 Å². The monoisotopic (exact) mass is 319 g/mol. The fraction of sp³-hybridized carbons (Fsp3) is 0.333. The second kappa shape index (κ2) is 6.23. The van der Waals surface area contributed by atoms with Gasteiger partial charge >= 0.3 is 0 Å². The molecule has 122 valence electrons. The van der Waals surface area contributed by atoms with Crippen molar-refractivity contribution in [3.63, 3.8) is 0 Å². The standard InChI is InChI=1S/C21H21NO2/c23-20(14-7-3-1-4-8-14)19-16-11-12-17(19)18(13-16)22-21(24)15-9-5-2-6-10-15/h1-10,16-19H,11-13H2,(H,22,24)/t16-,17+,18-,19+/m0/s1. The van der Waals surface area contributed by atoms with Gasteiger partial charge in [-0.25, -0.2) is 0 Å². The van der Waals surface area contributed by atoms with Crippen LogP contribution in [0.5, 0.6) is 0 Å². The number of benzene rings is 2. The Morgan fingerprint density at radius 2 is 1.46 bits per heavy atom. The molecule has 2 bridgehead atoms. The van der Waals surface area contributed by atoms with Gasteiger partial charge in [0.15, 0.2) is 5.78 Å². The van der Waals surface area contributed by atoms with Gasteiger partial charge in [0.05, 0.1) is 0 Å². The summed E-state index contributed by atoms with van der Waals surface area (Å²) in [5.41, 5.74) is 1.49. The molecule has 3 heteroatoms. The zero-order valence-corrected chi connectivity index (χ0v) is 13.5. The fourth-order valence-corrected chi connectivity index (χ4v) is 4.54. The average molecular weight is 319 g/mol. The van der Waals surface area contributed by atoms with Crippen LogP contribution in [0.4, 0.5) is 0 Å². The molecule has 2 aliphatic rings. The van der Waals surface area contributed by atoms with Crippen LogP contribution in [0.2, 0.25) is 0 Å². The zero-order valence-electron chi connectivity index (χ0n) is 13.5. The highest BCUT2D eigenvalue weighted by Crippen LogP contribution is 2.50. The van der Waals surface area contributed by atoms with E-state index in [-0.39, 0.29) is 29.6 Å². The Kier molecular flexibility index (Phi) is 3.93. The Hall–Kier alpha value is -2.42. The highest BCUT2D eigenvalue weighted by molar-refractivity contribution is 5.99. The summed E-state index contributed by atoms with van der Waals surface area (Å²) in [6.45, 7) is 0. The van der Waals surface area contributed by atoms with Crippen LogP contribution >= 0.6 is 0 Å². The number of rotatable bonds is 4. The highest BCUT2D eigenvalue weighted by atomic mass is 16.1. The third-order valence-electron chi connectivity index (χ3n) is 5.63. The lowest BCUT2D eigenvalue weighted by Crippen LogP contribution is -2.39. The summed E-state index contributed by atoms with van der Waals surface area (Å²) in [7, 11) is 0. The van der Waals surface area contributed by atoms with Crippen LogP contribution in [0.1, 0.15) is 40.0 Å². The van der Waals surface area contributed by atoms with Crippen LogP contribution in [-0.4, -0.2) is 17.7 Å². The summed E-state index contributed by atoms with van der Waals surface area (Å²) >= 11 is 0. The van der Waals surface area contributed by atoms with Crippen molar-refractivity contribution in [3.05, 3.63) is 71.8 Å². The molecule has 0 aromatic heterocycles. The molecule has 2 aromatic rings. The molecule has 2 fully saturated rings. The van der Waals surface area contributed by atoms with Crippen molar-refractivity contribution in [1.82, 2.24) is 5.32 Å². The van der Waals surface area contributed by atoms with Crippen molar-refractivity contribution < 1.29 is 9.59 Å². The SMILES string of the molecule is O=C(N[C@H]1C[C@@H]2CC[C@H]1[C@@H]2C(=O)c1ccccc1)c1ccccc1. The van der Waals surface area contributed by atoms with Gasteiger partial charge in [-0.15, -0.1) is 0 Å². The number of nitrogens with one attached hydrogen (secondary N) is 1. The summed E-state index contributed by atoms with van der Waals surface area (Å²) in [6.07, 6.45) is 3.06. The lowest BCUT2D eigenvalue weighted by molar-refractivity contribution is 0.0864. The smallest absolute Gasteiger partial charge is 0.251 e. The van der Waals surface area contributed by atoms with Crippen molar-refractivity contribution >= 4 is 11.7 Å². The van der Waals surface area contributed by atoms with Gasteiger partial charge in [0.2, 0.25) is 0 Å². The van der Waals surface area contributed by atoms with Crippen molar-refractivity contribution in [2.75, 3.05) is 0 Å². The predicted molar refractivity (Wildman–Crippen MR) is 92.8 cm³/mol. The molecule has 1 N–H and O–H groups in total. The Morgan fingerprint density at radius 1 is 0.833 bits per heavy atom. The molecule has 0 heterocycles. The molecule has 24 heavy (non-hydrogen) atoms. The molecular formula is C21H21NO2. The largest absolute Gasteiger partial charge is 0.349 e. The minimum Gasteiger partial charge on any atom is -0.349 e. The molecule has 0 saturated heterocycles. The molecule has 1 amide bonds. The third kappa shape index (κ3) is 2.64. The predicted octanol–water partition coefficient (Wildman–Crippen LogP) is 3.71. The molecular weight excluding hydrogens is 298 g/mol. The molecule has 0 radical (unpaired) electrons. The minimum atomic E-state index is -0.0286. The van der Waals surface area contributed by atoms with Crippen molar-refractivity contribution in [1.29, 1.82) is 0 Å². The highest BCUT2D eigenvalue weighted by Gasteiger charge is 2.51. The van der Waals surface area contributed by atoms with E-state index in [1.54, 1.807) is 0 Å². The van der Waals surface area contributed by atoms with Gasteiger partial charge in [0, 0.05) is 23.1 Å². The molecule has 4 rings (SSSR count). The Bertz CT molecular complexity index is 741. The van der Waals surface area contributed by atoms with Crippen molar-refractivity contribution in [2.45, 2.75) is 25.3 Å². The number of hydrogen-bond acceptors (Lipinski definition) is 2. The molecule has 2 aliphatic carbocycles. The van der Waals surface area contributed by atoms with Gasteiger partial charge < -0.3 is 5.32 Å². The summed E-state index contributed by atoms with van der Waals surface area (Å²) in [5, 5.41) is 3.17. The van der Waals surface area contributed by atoms with Crippen LogP contribution in [0.25, 0.3) is 0 Å². The van der Waals surface area contributed by atoms with Gasteiger partial charge in [0.25, 0.3) is 5.91 Å². The van der Waals surface area contributed by atoms with Crippen LogP contribution in [0, 0.1) is 17.8 Å². The lowest BCUT2D eigenvalue weighted by atomic mass is 9.88. The number of amides is 1. The van der Waals surface area contributed by atoms with Gasteiger partial charge in [0.1, 0.15) is 0 Å². The maximum Gasteiger partial charge on any atom is 0.251 e. The Labute approximate surface area is 142 Å². The van der Waals surface area contributed by atoms with E-state index in [9.17, 15) is 9.59 Å². The molecule has 2 aromatic carbocycles. The molecule has 0 spiro atoms. The first-order chi connectivity index (χ1) is 11.7. The third-order valence-corrected chi connectivity index (χ3v) is 5.63. The maximum absolute atomic E-state index is 12.9. The molecule has 2 saturated carbocycles. The van der Waals surface area contributed by atoms with Crippen LogP contribution < -0.4 is 5.32 Å². The lowest BCUT2D eigenvalue weighted by Gasteiger charge is -2.23. The fourth-order valence-electron chi connectivity index (χ4n) is 4.54. The van der Waals surface area contributed by atoms with Crippen LogP contribution in [0.3, 0.4) is 0 Å². The summed E-state index contributed by atoms with van der Waals surface area (Å²) in [4.78, 5) is 25.3. The Morgan fingerprint density at radius 3 is 2.12 bits per heavy atom. The van der Waals surface area contributed by atoms with E-state index in [0.717, 1.165) is 24.8 Å². The summed E-state index contributed by atoms with van der Waals surface area (Å²) in [5.74, 6) is 0.964. The number of hydrogen-bond donors (Lipinski definition) is 1. The number of fused-ring (bicyclic) bond motifs is 2. The average Bonchev–Trinajstić information content (AvgIpc) is 3.20. The normalized spacial score (nSPS) is 27.8. The van der Waals surface area contributed by atoms with E-state index in [1.165, 1.54) is 0 Å². The van der Waals surface area contributed by atoms with Crippen molar-refractivity contribution in [3.8, 4) is 0 Å². The molecule has 0 unspecified atom stereocenters. The quantitative estimate of drug-likeness (QED) is 0.873. The van der Waals surface area contributed by atoms with Crippen LogP contribution in [0.15, 0.2) is 60.7 Å². The van der Waals surface area contributed by atoms with E-state index in [1.807, 2.05) is 60.7 Å². The number of ketones is 1. The molecule has 4 atom stereocenters. The second-order valence-electron chi connectivity index (χ2n) is 6.94. The maximum atomic E-state index is 12.9. The topological polar surface area (TPSA) is 46.2 Å². The van der Waals surface area contributed by atoms with Gasteiger partial charge in [-0.3, -0.25) is 9.59 Å². The minimum absolute atomic E-state index is 0.0286. The first kappa shape index (κ1) is 15.1. The van der Waals surface area contributed by atoms with E-state index in [4.69, 9.17) is 0 Å². The number of Topliss-reactive ketones (excluding diaryl/α,β-unsaturated/α-hetero) is 1. The second-order valence-corrected chi connectivity index (χ2v) is 6.94. The van der Waals surface area contributed by atoms with E-state index >= 15 is 0 Å². The first-order valence-corrected chi connectivity index (χ1v) is 8.69. The summed E-state index contributed by atoms with van der Waals surface area (Å²) < 4.78 is 0. The zero-order chi connectivity index (χ0) is 16.5.